The first-order valence-corrected chi connectivity index (χ1v) is 12.5. The Morgan fingerprint density at radius 2 is 1.56 bits per heavy atom. The van der Waals surface area contributed by atoms with Crippen molar-refractivity contribution in [2.75, 3.05) is 5.32 Å². The number of fused-ring (bicyclic) bond motifs is 1. The smallest absolute Gasteiger partial charge is 0.244 e. The van der Waals surface area contributed by atoms with Crippen LogP contribution in [-0.4, -0.2) is 18.9 Å². The van der Waals surface area contributed by atoms with Crippen molar-refractivity contribution in [3.05, 3.63) is 99.8 Å². The van der Waals surface area contributed by atoms with Crippen LogP contribution < -0.4 is 10.7 Å². The zero-order valence-electron chi connectivity index (χ0n) is 19.3. The number of carbonyl (C=O) groups excluding carboxylic acids is 1. The minimum atomic E-state index is -4.08. The minimum Gasteiger partial charge on any atom is -0.336 e. The van der Waals surface area contributed by atoms with Gasteiger partial charge in [0.1, 0.15) is 11.4 Å². The molecule has 1 amide bonds. The Morgan fingerprint density at radius 1 is 0.912 bits per heavy atom. The van der Waals surface area contributed by atoms with Crippen molar-refractivity contribution in [1.82, 2.24) is 4.57 Å². The first-order chi connectivity index (χ1) is 16.2. The third kappa shape index (κ3) is 4.65. The molecule has 1 N–H and O–H groups in total. The van der Waals surface area contributed by atoms with Gasteiger partial charge in [-0.15, -0.1) is 0 Å². The molecule has 0 atom stereocenters. The fraction of sp³-hybridized carbons (Fsp3) is 0.185. The number of aromatic nitrogens is 1. The minimum absolute atomic E-state index is 0.0363. The number of rotatable bonds is 6. The van der Waals surface area contributed by atoms with E-state index in [1.54, 1.807) is 24.3 Å². The Labute approximate surface area is 198 Å². The summed E-state index contributed by atoms with van der Waals surface area (Å²) >= 11 is 0. The number of anilines is 1. The summed E-state index contributed by atoms with van der Waals surface area (Å²) in [5.41, 5.74) is 3.46. The lowest BCUT2D eigenvalue weighted by Crippen LogP contribution is -2.24. The predicted molar refractivity (Wildman–Crippen MR) is 134 cm³/mol. The number of hydrogen-bond acceptors (Lipinski definition) is 4. The molecule has 4 aromatic rings. The van der Waals surface area contributed by atoms with Gasteiger partial charge in [-0.25, -0.2) is 8.42 Å². The predicted octanol–water partition coefficient (Wildman–Crippen LogP) is 4.65. The van der Waals surface area contributed by atoms with E-state index < -0.39 is 15.3 Å². The molecule has 0 bridgehead atoms. The van der Waals surface area contributed by atoms with Gasteiger partial charge in [-0.2, -0.15) is 0 Å². The lowest BCUT2D eigenvalue weighted by atomic mass is 10.1. The number of nitrogens with one attached hydrogen (secondary N) is 1. The van der Waals surface area contributed by atoms with Gasteiger partial charge in [0.15, 0.2) is 0 Å². The van der Waals surface area contributed by atoms with E-state index in [0.717, 1.165) is 23.1 Å². The maximum atomic E-state index is 13.4. The second-order valence-corrected chi connectivity index (χ2v) is 10.3. The number of amides is 1. The van der Waals surface area contributed by atoms with E-state index >= 15 is 0 Å². The number of aryl methyl sites for hydroxylation is 3. The van der Waals surface area contributed by atoms with E-state index in [-0.39, 0.29) is 27.6 Å². The van der Waals surface area contributed by atoms with Gasteiger partial charge in [-0.1, -0.05) is 48.4 Å². The van der Waals surface area contributed by atoms with Crippen molar-refractivity contribution in [3.63, 3.8) is 0 Å². The molecule has 0 fully saturated rings. The Kier molecular flexibility index (Phi) is 6.39. The Hall–Kier alpha value is -3.71. The lowest BCUT2D eigenvalue weighted by molar-refractivity contribution is -0.116. The average molecular weight is 475 g/mol. The largest absolute Gasteiger partial charge is 0.336 e. The van der Waals surface area contributed by atoms with Crippen molar-refractivity contribution in [2.24, 2.45) is 0 Å². The molecule has 0 spiro atoms. The third-order valence-electron chi connectivity index (χ3n) is 5.78. The SMILES string of the molecule is CCc1ccc(NC(=O)Cn2cc(S(=O)(=O)c3ccc(C)cc3)c(=O)c3cc(C)ccc32)cc1. The number of hydrogen-bond donors (Lipinski definition) is 1. The van der Waals surface area contributed by atoms with E-state index in [0.29, 0.717) is 11.2 Å². The van der Waals surface area contributed by atoms with E-state index in [9.17, 15) is 18.0 Å². The maximum Gasteiger partial charge on any atom is 0.244 e. The molecular weight excluding hydrogens is 448 g/mol. The summed E-state index contributed by atoms with van der Waals surface area (Å²) in [5, 5.41) is 3.10. The van der Waals surface area contributed by atoms with Crippen molar-refractivity contribution in [2.45, 2.75) is 43.5 Å². The van der Waals surface area contributed by atoms with Crippen molar-refractivity contribution >= 4 is 32.3 Å². The molecule has 1 heterocycles. The monoisotopic (exact) mass is 474 g/mol. The highest BCUT2D eigenvalue weighted by molar-refractivity contribution is 7.91. The second kappa shape index (κ2) is 9.27. The molecule has 7 heteroatoms. The number of sulfone groups is 1. The first kappa shape index (κ1) is 23.4. The van der Waals surface area contributed by atoms with Crippen LogP contribution in [-0.2, 0) is 27.6 Å². The van der Waals surface area contributed by atoms with Crippen LogP contribution in [0.25, 0.3) is 10.9 Å². The molecule has 34 heavy (non-hydrogen) atoms. The summed E-state index contributed by atoms with van der Waals surface area (Å²) in [5.74, 6) is -0.326. The molecule has 0 unspecified atom stereocenters. The van der Waals surface area contributed by atoms with Gasteiger partial charge in [-0.05, 0) is 62.2 Å². The molecule has 0 aliphatic rings. The van der Waals surface area contributed by atoms with Crippen molar-refractivity contribution in [3.8, 4) is 0 Å². The summed E-state index contributed by atoms with van der Waals surface area (Å²) in [7, 11) is -4.08. The molecule has 174 valence electrons. The number of nitrogens with zero attached hydrogens (tertiary/aromatic N) is 1. The molecule has 0 aliphatic carbocycles. The fourth-order valence-corrected chi connectivity index (χ4v) is 5.20. The van der Waals surface area contributed by atoms with E-state index in [1.807, 2.05) is 44.2 Å². The molecule has 1 aromatic heterocycles. The zero-order valence-corrected chi connectivity index (χ0v) is 20.1. The topological polar surface area (TPSA) is 85.2 Å². The second-order valence-electron chi connectivity index (χ2n) is 8.39. The van der Waals surface area contributed by atoms with Crippen molar-refractivity contribution < 1.29 is 13.2 Å². The fourth-order valence-electron chi connectivity index (χ4n) is 3.83. The molecule has 0 radical (unpaired) electrons. The van der Waals surface area contributed by atoms with Crippen LogP contribution in [0.5, 0.6) is 0 Å². The van der Waals surface area contributed by atoms with Crippen LogP contribution in [0.4, 0.5) is 5.69 Å². The summed E-state index contributed by atoms with van der Waals surface area (Å²) < 4.78 is 28.3. The maximum absolute atomic E-state index is 13.4. The van der Waals surface area contributed by atoms with Crippen molar-refractivity contribution in [1.29, 1.82) is 0 Å². The normalized spacial score (nSPS) is 11.5. The molecular formula is C27H26N2O4S. The number of pyridine rings is 1. The highest BCUT2D eigenvalue weighted by atomic mass is 32.2. The van der Waals surface area contributed by atoms with Crippen LogP contribution in [0.2, 0.25) is 0 Å². The summed E-state index contributed by atoms with van der Waals surface area (Å²) in [6.45, 7) is 5.60. The average Bonchev–Trinajstić information content (AvgIpc) is 2.81. The third-order valence-corrected chi connectivity index (χ3v) is 7.55. The Morgan fingerprint density at radius 3 is 2.21 bits per heavy atom. The van der Waals surface area contributed by atoms with Crippen LogP contribution in [0.15, 0.2) is 87.5 Å². The summed E-state index contributed by atoms with van der Waals surface area (Å²) in [6, 6.07) is 19.1. The van der Waals surface area contributed by atoms with E-state index in [1.165, 1.54) is 22.9 Å². The lowest BCUT2D eigenvalue weighted by Gasteiger charge is -2.15. The molecule has 3 aromatic carbocycles. The zero-order chi connectivity index (χ0) is 24.5. The first-order valence-electron chi connectivity index (χ1n) is 11.0. The van der Waals surface area contributed by atoms with Gasteiger partial charge < -0.3 is 9.88 Å². The van der Waals surface area contributed by atoms with Crippen LogP contribution >= 0.6 is 0 Å². The number of benzene rings is 3. The van der Waals surface area contributed by atoms with Crippen LogP contribution in [0, 0.1) is 13.8 Å². The quantitative estimate of drug-likeness (QED) is 0.441. The van der Waals surface area contributed by atoms with Gasteiger partial charge in [0.05, 0.1) is 10.4 Å². The molecule has 0 saturated heterocycles. The van der Waals surface area contributed by atoms with E-state index in [4.69, 9.17) is 0 Å². The van der Waals surface area contributed by atoms with Gasteiger partial charge in [0, 0.05) is 17.3 Å². The number of carbonyl (C=O) groups is 1. The van der Waals surface area contributed by atoms with Crippen LogP contribution in [0.3, 0.4) is 0 Å². The highest BCUT2D eigenvalue weighted by Crippen LogP contribution is 2.22. The Balaban J connectivity index is 1.78. The summed E-state index contributed by atoms with van der Waals surface area (Å²) in [4.78, 5) is 25.8. The highest BCUT2D eigenvalue weighted by Gasteiger charge is 2.24. The van der Waals surface area contributed by atoms with Gasteiger partial charge in [0.2, 0.25) is 21.2 Å². The molecule has 4 rings (SSSR count). The molecule has 0 aliphatic heterocycles. The van der Waals surface area contributed by atoms with Gasteiger partial charge in [-0.3, -0.25) is 9.59 Å². The van der Waals surface area contributed by atoms with Gasteiger partial charge >= 0.3 is 0 Å². The summed E-state index contributed by atoms with van der Waals surface area (Å²) in [6.07, 6.45) is 2.17. The van der Waals surface area contributed by atoms with Gasteiger partial charge in [0.25, 0.3) is 0 Å². The Bertz CT molecular complexity index is 1540. The molecule has 0 saturated carbocycles. The van der Waals surface area contributed by atoms with E-state index in [2.05, 4.69) is 12.2 Å². The molecule has 6 nitrogen and oxygen atoms in total. The van der Waals surface area contributed by atoms with Crippen LogP contribution in [0.1, 0.15) is 23.6 Å². The standard InChI is InChI=1S/C27H26N2O4S/c1-4-20-8-10-21(11-9-20)28-26(30)17-29-16-25(27(31)23-15-19(3)7-14-24(23)29)34(32,33)22-12-5-18(2)6-13-22/h5-16H,4,17H2,1-3H3,(H,28,30).